The van der Waals surface area contributed by atoms with Gasteiger partial charge in [-0.05, 0) is 87.5 Å². The Morgan fingerprint density at radius 1 is 0.962 bits per heavy atom. The molecule has 1 aliphatic carbocycles. The van der Waals surface area contributed by atoms with Crippen LogP contribution >= 0.6 is 23.2 Å². The molecule has 1 unspecified atom stereocenters. The van der Waals surface area contributed by atoms with Crippen molar-refractivity contribution in [2.75, 3.05) is 13.2 Å². The van der Waals surface area contributed by atoms with Gasteiger partial charge in [0.05, 0.1) is 52.5 Å². The largest absolute Gasteiger partial charge is 0.466 e. The Morgan fingerprint density at radius 2 is 1.50 bits per heavy atom. The summed E-state index contributed by atoms with van der Waals surface area (Å²) in [7, 11) is -2.60. The number of ether oxygens (including phenoxy) is 1. The number of halogens is 8. The number of aromatic nitrogens is 2. The van der Waals surface area contributed by atoms with Crippen LogP contribution in [0.1, 0.15) is 99.6 Å². The summed E-state index contributed by atoms with van der Waals surface area (Å²) in [4.78, 5) is 28.0. The van der Waals surface area contributed by atoms with E-state index in [1.165, 1.54) is 0 Å². The molecule has 1 saturated carbocycles. The normalized spacial score (nSPS) is 18.7. The molecule has 4 rings (SSSR count). The van der Waals surface area contributed by atoms with Crippen molar-refractivity contribution in [2.24, 2.45) is 5.41 Å². The van der Waals surface area contributed by atoms with Gasteiger partial charge in [0.25, 0.3) is 5.91 Å². The Kier molecular flexibility index (Phi) is 13.6. The molecule has 0 N–H and O–H groups in total. The van der Waals surface area contributed by atoms with Gasteiger partial charge in [0.15, 0.2) is 14.0 Å². The van der Waals surface area contributed by atoms with Crippen LogP contribution in [-0.2, 0) is 26.7 Å². The number of nitrogens with zero attached hydrogens (tertiary/aromatic N) is 3. The Balaban J connectivity index is 1.82. The van der Waals surface area contributed by atoms with Crippen molar-refractivity contribution < 1.29 is 45.1 Å². The van der Waals surface area contributed by atoms with Crippen molar-refractivity contribution in [1.82, 2.24) is 14.7 Å². The first-order valence-electron chi connectivity index (χ1n) is 17.3. The van der Waals surface area contributed by atoms with E-state index in [4.69, 9.17) is 32.4 Å². The van der Waals surface area contributed by atoms with Crippen molar-refractivity contribution >= 4 is 43.4 Å². The molecule has 52 heavy (non-hydrogen) atoms. The molecule has 1 amide bonds. The van der Waals surface area contributed by atoms with Crippen molar-refractivity contribution in [3.8, 4) is 0 Å². The molecule has 1 aliphatic rings. The van der Waals surface area contributed by atoms with E-state index in [-0.39, 0.29) is 53.5 Å². The van der Waals surface area contributed by atoms with Crippen LogP contribution in [0, 0.1) is 22.9 Å². The standard InChI is InChI=1S/C36H43Cl2F6N3O4Si/c1-6-50-34(49)35(5)12-10-26(11-13-35)47-32(36(42,43)44)27(19-45-47)33(48)46(20-22-14-23(39)16-24(40)15-22)21-30(51-52(7-2,8-3)9-4)31-28(37)17-25(41)18-29(31)38/h14-19,26,30H,6-13,20-21H2,1-5H3. The van der Waals surface area contributed by atoms with Gasteiger partial charge in [-0.1, -0.05) is 44.0 Å². The highest BCUT2D eigenvalue weighted by molar-refractivity contribution is 6.73. The van der Waals surface area contributed by atoms with E-state index >= 15 is 0 Å². The third kappa shape index (κ3) is 9.34. The van der Waals surface area contributed by atoms with E-state index in [0.29, 0.717) is 24.2 Å². The third-order valence-corrected chi connectivity index (χ3v) is 15.4. The van der Waals surface area contributed by atoms with Gasteiger partial charge in [0.2, 0.25) is 0 Å². The molecule has 3 aromatic rings. The number of alkyl halides is 3. The molecule has 0 spiro atoms. The van der Waals surface area contributed by atoms with E-state index in [1.807, 2.05) is 20.8 Å². The monoisotopic (exact) mass is 793 g/mol. The maximum atomic E-state index is 15.0. The zero-order chi connectivity index (χ0) is 38.6. The highest BCUT2D eigenvalue weighted by atomic mass is 35.5. The molecule has 1 atom stereocenters. The summed E-state index contributed by atoms with van der Waals surface area (Å²) < 4.78 is 101. The summed E-state index contributed by atoms with van der Waals surface area (Å²) in [6.45, 7) is 8.37. The second kappa shape index (κ2) is 16.9. The quantitative estimate of drug-likeness (QED) is 0.0923. The summed E-state index contributed by atoms with van der Waals surface area (Å²) in [6, 6.07) is 5.68. The fourth-order valence-corrected chi connectivity index (χ4v) is 10.4. The smallest absolute Gasteiger partial charge is 0.433 e. The Labute approximate surface area is 310 Å². The topological polar surface area (TPSA) is 73.7 Å². The highest BCUT2D eigenvalue weighted by Crippen LogP contribution is 2.45. The van der Waals surface area contributed by atoms with E-state index < -0.39 is 85.7 Å². The van der Waals surface area contributed by atoms with Gasteiger partial charge < -0.3 is 14.1 Å². The minimum Gasteiger partial charge on any atom is -0.466 e. The SMILES string of the molecule is CCOC(=O)C1(C)CCC(n2ncc(C(=O)N(Cc3cc(F)cc(F)c3)CC(O[Si](CC)(CC)CC)c3c(Cl)cc(F)cc3Cl)c2C(F)(F)F)CC1. The molecule has 0 bridgehead atoms. The van der Waals surface area contributed by atoms with Crippen LogP contribution in [0.25, 0.3) is 0 Å². The fourth-order valence-electron chi connectivity index (χ4n) is 6.93. The number of esters is 1. The van der Waals surface area contributed by atoms with Crippen LogP contribution in [0.2, 0.25) is 28.2 Å². The molecular formula is C36H43Cl2F6N3O4Si. The molecule has 1 aromatic heterocycles. The lowest BCUT2D eigenvalue weighted by Crippen LogP contribution is -2.42. The molecule has 1 fully saturated rings. The van der Waals surface area contributed by atoms with E-state index in [9.17, 15) is 35.9 Å². The molecule has 286 valence electrons. The second-order valence-electron chi connectivity index (χ2n) is 13.5. The lowest BCUT2D eigenvalue weighted by atomic mass is 9.74. The van der Waals surface area contributed by atoms with Crippen molar-refractivity contribution in [1.29, 1.82) is 0 Å². The van der Waals surface area contributed by atoms with Gasteiger partial charge in [-0.15, -0.1) is 0 Å². The van der Waals surface area contributed by atoms with Crippen molar-refractivity contribution in [3.63, 3.8) is 0 Å². The van der Waals surface area contributed by atoms with Crippen LogP contribution in [0.4, 0.5) is 26.3 Å². The predicted molar refractivity (Wildman–Crippen MR) is 188 cm³/mol. The van der Waals surface area contributed by atoms with Crippen LogP contribution in [0.5, 0.6) is 0 Å². The number of rotatable bonds is 14. The molecule has 1 heterocycles. The van der Waals surface area contributed by atoms with Gasteiger partial charge in [0, 0.05) is 18.2 Å². The molecule has 0 radical (unpaired) electrons. The van der Waals surface area contributed by atoms with Crippen LogP contribution in [-0.4, -0.2) is 48.0 Å². The van der Waals surface area contributed by atoms with Crippen molar-refractivity contribution in [3.05, 3.63) is 86.4 Å². The molecule has 0 saturated heterocycles. The van der Waals surface area contributed by atoms with Crippen LogP contribution in [0.3, 0.4) is 0 Å². The Hall–Kier alpha value is -3.07. The molecule has 2 aromatic carbocycles. The first-order valence-corrected chi connectivity index (χ1v) is 20.6. The maximum absolute atomic E-state index is 15.0. The Bertz CT molecular complexity index is 1690. The number of amides is 1. The third-order valence-electron chi connectivity index (χ3n) is 10.1. The maximum Gasteiger partial charge on any atom is 0.433 e. The summed E-state index contributed by atoms with van der Waals surface area (Å²) in [5.41, 5.74) is -2.88. The summed E-state index contributed by atoms with van der Waals surface area (Å²) in [6.07, 6.45) is -4.56. The molecule has 0 aliphatic heterocycles. The van der Waals surface area contributed by atoms with Gasteiger partial charge in [-0.3, -0.25) is 14.3 Å². The minimum absolute atomic E-state index is 0.0441. The molecular weight excluding hydrogens is 751 g/mol. The lowest BCUT2D eigenvalue weighted by Gasteiger charge is -2.37. The predicted octanol–water partition coefficient (Wildman–Crippen LogP) is 10.7. The van der Waals surface area contributed by atoms with E-state index in [2.05, 4.69) is 5.10 Å². The summed E-state index contributed by atoms with van der Waals surface area (Å²) in [5, 5.41) is 3.81. The number of carbonyl (C=O) groups excluding carboxylic acids is 2. The highest BCUT2D eigenvalue weighted by Gasteiger charge is 2.46. The van der Waals surface area contributed by atoms with E-state index in [0.717, 1.165) is 40.0 Å². The molecule has 7 nitrogen and oxygen atoms in total. The molecule has 16 heteroatoms. The zero-order valence-corrected chi connectivity index (χ0v) is 32.2. The average molecular weight is 795 g/mol. The Morgan fingerprint density at radius 3 is 2.00 bits per heavy atom. The van der Waals surface area contributed by atoms with Gasteiger partial charge in [-0.2, -0.15) is 18.3 Å². The minimum atomic E-state index is -5.05. The fraction of sp³-hybridized carbons (Fsp3) is 0.528. The van der Waals surface area contributed by atoms with Gasteiger partial charge in [0.1, 0.15) is 17.5 Å². The van der Waals surface area contributed by atoms with Crippen LogP contribution < -0.4 is 0 Å². The lowest BCUT2D eigenvalue weighted by molar-refractivity contribution is -0.157. The van der Waals surface area contributed by atoms with Crippen molar-refractivity contribution in [2.45, 2.75) is 103 Å². The second-order valence-corrected chi connectivity index (χ2v) is 19.0. The first-order chi connectivity index (χ1) is 24.4. The van der Waals surface area contributed by atoms with Gasteiger partial charge in [-0.25, -0.2) is 13.2 Å². The number of hydrogen-bond acceptors (Lipinski definition) is 5. The number of carbonyl (C=O) groups is 2. The zero-order valence-electron chi connectivity index (χ0n) is 29.7. The summed E-state index contributed by atoms with van der Waals surface area (Å²) in [5.74, 6) is -4.21. The first kappa shape index (κ1) is 41.7. The van der Waals surface area contributed by atoms with Gasteiger partial charge >= 0.3 is 12.1 Å². The number of benzene rings is 2. The summed E-state index contributed by atoms with van der Waals surface area (Å²) >= 11 is 13.0. The number of hydrogen-bond donors (Lipinski definition) is 0. The van der Waals surface area contributed by atoms with Crippen LogP contribution in [0.15, 0.2) is 36.5 Å². The average Bonchev–Trinajstić information content (AvgIpc) is 3.52. The van der Waals surface area contributed by atoms with E-state index in [1.54, 1.807) is 13.8 Å².